The summed E-state index contributed by atoms with van der Waals surface area (Å²) in [6.45, 7) is 0. The molecule has 0 radical (unpaired) electrons. The molecule has 0 aromatic carbocycles. The minimum atomic E-state index is -0.697. The second-order valence-electron chi connectivity index (χ2n) is 3.13. The van der Waals surface area contributed by atoms with Crippen LogP contribution in [0.5, 0.6) is 0 Å². The molecule has 3 aliphatic rings. The van der Waals surface area contributed by atoms with E-state index in [0.717, 1.165) is 6.42 Å². The van der Waals surface area contributed by atoms with Gasteiger partial charge in [0.1, 0.15) is 5.37 Å². The number of β-lactam (4-membered cyclic amide) rings is 1. The highest BCUT2D eigenvalue weighted by Crippen LogP contribution is 2.49. The zero-order valence-corrected chi connectivity index (χ0v) is 6.13. The predicted octanol–water partition coefficient (Wildman–Crippen LogP) is -0.552. The number of hydrogen-bond donors (Lipinski definition) is 0. The van der Waals surface area contributed by atoms with E-state index in [0.29, 0.717) is 17.7 Å². The maximum absolute atomic E-state index is 11.3. The van der Waals surface area contributed by atoms with Crippen LogP contribution >= 0.6 is 0 Å². The number of carbonyl (C=O) groups excluding carboxylic acids is 1. The SMILES string of the molecule is O=C1C[C@H]2N1C1CC1S2=O. The Hall–Kier alpha value is -0.380. The minimum absolute atomic E-state index is 0.122. The van der Waals surface area contributed by atoms with Crippen LogP contribution in [0.15, 0.2) is 0 Å². The average Bonchev–Trinajstić information content (AvgIpc) is 2.57. The van der Waals surface area contributed by atoms with Crippen molar-refractivity contribution in [3.63, 3.8) is 0 Å². The summed E-state index contributed by atoms with van der Waals surface area (Å²) in [6, 6.07) is 0.382. The zero-order chi connectivity index (χ0) is 6.88. The molecule has 2 heterocycles. The van der Waals surface area contributed by atoms with Crippen molar-refractivity contribution >= 4 is 16.7 Å². The van der Waals surface area contributed by atoms with Gasteiger partial charge in [-0.05, 0) is 6.42 Å². The van der Waals surface area contributed by atoms with Crippen LogP contribution in [-0.2, 0) is 15.6 Å². The summed E-state index contributed by atoms with van der Waals surface area (Å²) in [5, 5.41) is 0.479. The fourth-order valence-electron chi connectivity index (χ4n) is 1.90. The molecular weight excluding hydrogens is 150 g/mol. The Labute approximate surface area is 60.8 Å². The summed E-state index contributed by atoms with van der Waals surface area (Å²) in [6.07, 6.45) is 1.54. The van der Waals surface area contributed by atoms with Gasteiger partial charge in [-0.2, -0.15) is 0 Å². The van der Waals surface area contributed by atoms with E-state index in [9.17, 15) is 9.00 Å². The minimum Gasteiger partial charge on any atom is -0.323 e. The summed E-state index contributed by atoms with van der Waals surface area (Å²) in [7, 11) is -0.697. The van der Waals surface area contributed by atoms with Crippen molar-refractivity contribution in [1.82, 2.24) is 4.90 Å². The molecular formula is C6H7NO2S. The summed E-state index contributed by atoms with van der Waals surface area (Å²) in [5.41, 5.74) is 0. The molecule has 3 rings (SSSR count). The lowest BCUT2D eigenvalue weighted by Gasteiger charge is -2.35. The molecule has 1 saturated carbocycles. The molecule has 1 aliphatic carbocycles. The van der Waals surface area contributed by atoms with Gasteiger partial charge in [-0.3, -0.25) is 9.00 Å². The Morgan fingerprint density at radius 2 is 2.40 bits per heavy atom. The summed E-state index contributed by atoms with van der Waals surface area (Å²) in [5.74, 6) is 0.211. The van der Waals surface area contributed by atoms with Gasteiger partial charge in [0, 0.05) is 6.04 Å². The van der Waals surface area contributed by atoms with Gasteiger partial charge >= 0.3 is 0 Å². The van der Waals surface area contributed by atoms with Crippen LogP contribution in [0, 0.1) is 0 Å². The van der Waals surface area contributed by atoms with Crippen LogP contribution in [0.25, 0.3) is 0 Å². The van der Waals surface area contributed by atoms with Crippen LogP contribution in [0.4, 0.5) is 0 Å². The van der Waals surface area contributed by atoms with Gasteiger partial charge in [-0.1, -0.05) is 0 Å². The normalized spacial score (nSPS) is 55.6. The number of nitrogens with zero attached hydrogens (tertiary/aromatic N) is 1. The van der Waals surface area contributed by atoms with Crippen molar-refractivity contribution in [2.75, 3.05) is 0 Å². The molecule has 0 aromatic heterocycles. The van der Waals surface area contributed by atoms with Crippen LogP contribution < -0.4 is 0 Å². The lowest BCUT2D eigenvalue weighted by molar-refractivity contribution is -0.141. The van der Waals surface area contributed by atoms with E-state index in [2.05, 4.69) is 0 Å². The van der Waals surface area contributed by atoms with E-state index >= 15 is 0 Å². The van der Waals surface area contributed by atoms with Crippen LogP contribution in [0.2, 0.25) is 0 Å². The van der Waals surface area contributed by atoms with E-state index in [1.807, 2.05) is 4.90 Å². The topological polar surface area (TPSA) is 37.4 Å². The number of hydrogen-bond acceptors (Lipinski definition) is 2. The van der Waals surface area contributed by atoms with E-state index in [1.54, 1.807) is 0 Å². The van der Waals surface area contributed by atoms with Gasteiger partial charge in [0.2, 0.25) is 5.91 Å². The molecule has 1 amide bonds. The number of amides is 1. The maximum Gasteiger partial charge on any atom is 0.226 e. The monoisotopic (exact) mass is 157 g/mol. The average molecular weight is 157 g/mol. The number of rotatable bonds is 0. The fourth-order valence-corrected chi connectivity index (χ4v) is 3.93. The molecule has 2 aliphatic heterocycles. The first-order chi connectivity index (χ1) is 4.79. The molecule has 3 nitrogen and oxygen atoms in total. The summed E-state index contributed by atoms with van der Waals surface area (Å²) in [4.78, 5) is 12.7. The molecule has 0 aromatic rings. The molecule has 3 unspecified atom stereocenters. The molecule has 4 heteroatoms. The van der Waals surface area contributed by atoms with Crippen molar-refractivity contribution in [3.8, 4) is 0 Å². The highest BCUT2D eigenvalue weighted by molar-refractivity contribution is 7.87. The molecule has 2 saturated heterocycles. The van der Waals surface area contributed by atoms with E-state index in [4.69, 9.17) is 0 Å². The third-order valence-electron chi connectivity index (χ3n) is 2.57. The highest BCUT2D eigenvalue weighted by Gasteiger charge is 2.64. The smallest absolute Gasteiger partial charge is 0.226 e. The van der Waals surface area contributed by atoms with Gasteiger partial charge in [0.25, 0.3) is 0 Å². The van der Waals surface area contributed by atoms with E-state index in [-0.39, 0.29) is 11.3 Å². The van der Waals surface area contributed by atoms with Crippen molar-refractivity contribution in [2.24, 2.45) is 0 Å². The largest absolute Gasteiger partial charge is 0.323 e. The first-order valence-corrected chi connectivity index (χ1v) is 4.77. The molecule has 0 bridgehead atoms. The van der Waals surface area contributed by atoms with Crippen molar-refractivity contribution < 1.29 is 9.00 Å². The second kappa shape index (κ2) is 1.30. The first-order valence-electron chi connectivity index (χ1n) is 3.49. The first kappa shape index (κ1) is 5.29. The maximum atomic E-state index is 11.3. The molecule has 4 atom stereocenters. The van der Waals surface area contributed by atoms with Crippen LogP contribution in [0.3, 0.4) is 0 Å². The van der Waals surface area contributed by atoms with Gasteiger partial charge in [-0.15, -0.1) is 0 Å². The Morgan fingerprint density at radius 1 is 1.60 bits per heavy atom. The van der Waals surface area contributed by atoms with Crippen molar-refractivity contribution in [2.45, 2.75) is 29.5 Å². The second-order valence-corrected chi connectivity index (χ2v) is 4.94. The quantitative estimate of drug-likeness (QED) is 0.442. The third kappa shape index (κ3) is 0.381. The van der Waals surface area contributed by atoms with Crippen LogP contribution in [-0.4, -0.2) is 31.7 Å². The van der Waals surface area contributed by atoms with E-state index < -0.39 is 10.8 Å². The van der Waals surface area contributed by atoms with Crippen LogP contribution in [0.1, 0.15) is 12.8 Å². The van der Waals surface area contributed by atoms with E-state index in [1.165, 1.54) is 0 Å². The summed E-state index contributed by atoms with van der Waals surface area (Å²) < 4.78 is 11.3. The van der Waals surface area contributed by atoms with Gasteiger partial charge in [0.15, 0.2) is 0 Å². The van der Waals surface area contributed by atoms with Gasteiger partial charge in [0.05, 0.1) is 22.5 Å². The Kier molecular flexibility index (Phi) is 0.688. The molecule has 0 N–H and O–H groups in total. The zero-order valence-electron chi connectivity index (χ0n) is 5.32. The number of carbonyl (C=O) groups is 1. The molecule has 10 heavy (non-hydrogen) atoms. The van der Waals surface area contributed by atoms with Crippen molar-refractivity contribution in [3.05, 3.63) is 0 Å². The summed E-state index contributed by atoms with van der Waals surface area (Å²) >= 11 is 0. The van der Waals surface area contributed by atoms with Gasteiger partial charge in [-0.25, -0.2) is 0 Å². The number of fused-ring (bicyclic) bond motifs is 3. The predicted molar refractivity (Wildman–Crippen MR) is 35.6 cm³/mol. The van der Waals surface area contributed by atoms with Gasteiger partial charge < -0.3 is 4.90 Å². The highest BCUT2D eigenvalue weighted by atomic mass is 32.2. The molecule has 3 fully saturated rings. The van der Waals surface area contributed by atoms with Crippen molar-refractivity contribution in [1.29, 1.82) is 0 Å². The lowest BCUT2D eigenvalue weighted by atomic mass is 10.2. The lowest BCUT2D eigenvalue weighted by Crippen LogP contribution is -2.51. The third-order valence-corrected chi connectivity index (χ3v) is 4.60. The Morgan fingerprint density at radius 3 is 2.90 bits per heavy atom. The Bertz CT molecular complexity index is 252. The standard InChI is InChI=1S/C6H7NO2S/c8-5-2-6-7(5)3-1-4(3)10(6)9/h3-4,6H,1-2H2/t3?,4?,6-,10?/m0/s1. The fraction of sp³-hybridized carbons (Fsp3) is 0.833. The molecule has 0 spiro atoms. The molecule has 54 valence electrons. The Balaban J connectivity index is 2.01.